The summed E-state index contributed by atoms with van der Waals surface area (Å²) >= 11 is 0. The molecular formula is C18H24N2O. The molecule has 0 bridgehead atoms. The molecule has 2 aliphatic rings. The lowest BCUT2D eigenvalue weighted by atomic mass is 9.76. The molecule has 3 nitrogen and oxygen atoms in total. The first-order chi connectivity index (χ1) is 9.93. The summed E-state index contributed by atoms with van der Waals surface area (Å²) in [5, 5.41) is 9.50. The molecule has 112 valence electrons. The van der Waals surface area contributed by atoms with Gasteiger partial charge in [-0.15, -0.1) is 0 Å². The van der Waals surface area contributed by atoms with Gasteiger partial charge in [0.15, 0.2) is 0 Å². The van der Waals surface area contributed by atoms with Crippen LogP contribution >= 0.6 is 0 Å². The fourth-order valence-corrected chi connectivity index (χ4v) is 3.27. The molecule has 3 heteroatoms. The van der Waals surface area contributed by atoms with E-state index in [2.05, 4.69) is 49.9 Å². The molecule has 0 aromatic heterocycles. The minimum absolute atomic E-state index is 0.0827. The van der Waals surface area contributed by atoms with E-state index in [-0.39, 0.29) is 5.41 Å². The Hall–Kier alpha value is -1.53. The minimum atomic E-state index is 0.0827. The van der Waals surface area contributed by atoms with Crippen molar-refractivity contribution in [3.05, 3.63) is 29.3 Å². The minimum Gasteiger partial charge on any atom is -0.380 e. The van der Waals surface area contributed by atoms with E-state index < -0.39 is 0 Å². The Morgan fingerprint density at radius 3 is 2.33 bits per heavy atom. The lowest BCUT2D eigenvalue weighted by molar-refractivity contribution is -0.124. The van der Waals surface area contributed by atoms with E-state index in [0.717, 1.165) is 37.6 Å². The molecule has 0 N–H and O–H groups in total. The molecule has 2 fully saturated rings. The van der Waals surface area contributed by atoms with Crippen LogP contribution in [0.25, 0.3) is 0 Å². The highest BCUT2D eigenvalue weighted by molar-refractivity contribution is 5.61. The summed E-state index contributed by atoms with van der Waals surface area (Å²) in [6, 6.07) is 8.76. The maximum absolute atomic E-state index is 9.50. The van der Waals surface area contributed by atoms with E-state index in [0.29, 0.717) is 5.41 Å². The second kappa shape index (κ2) is 5.03. The molecule has 1 aromatic carbocycles. The van der Waals surface area contributed by atoms with Gasteiger partial charge in [-0.05, 0) is 36.0 Å². The Balaban J connectivity index is 1.81. The molecular weight excluding hydrogens is 260 g/mol. The highest BCUT2D eigenvalue weighted by atomic mass is 16.5. The highest BCUT2D eigenvalue weighted by Crippen LogP contribution is 2.40. The van der Waals surface area contributed by atoms with Crippen LogP contribution in [-0.4, -0.2) is 26.3 Å². The number of benzene rings is 1. The number of nitriles is 1. The van der Waals surface area contributed by atoms with Crippen LogP contribution in [-0.2, 0) is 10.2 Å². The number of hydrogen-bond donors (Lipinski definition) is 0. The first-order valence-electron chi connectivity index (χ1n) is 7.81. The maximum Gasteiger partial charge on any atom is 0.101 e. The van der Waals surface area contributed by atoms with Crippen LogP contribution in [0, 0.1) is 16.7 Å². The molecule has 21 heavy (non-hydrogen) atoms. The van der Waals surface area contributed by atoms with E-state index in [1.165, 1.54) is 18.4 Å². The number of piperidine rings is 1. The number of nitrogens with zero attached hydrogens (tertiary/aromatic N) is 2. The normalized spacial score (nSPS) is 21.0. The third kappa shape index (κ3) is 2.65. The second-order valence-corrected chi connectivity index (χ2v) is 7.57. The zero-order valence-corrected chi connectivity index (χ0v) is 13.3. The quantitative estimate of drug-likeness (QED) is 0.792. The van der Waals surface area contributed by atoms with Gasteiger partial charge in [-0.1, -0.05) is 26.8 Å². The van der Waals surface area contributed by atoms with E-state index in [9.17, 15) is 5.26 Å². The largest absolute Gasteiger partial charge is 0.380 e. The molecule has 0 saturated carbocycles. The van der Waals surface area contributed by atoms with Crippen molar-refractivity contribution in [3.63, 3.8) is 0 Å². The lowest BCUT2D eigenvalue weighted by Crippen LogP contribution is -2.51. The van der Waals surface area contributed by atoms with Crippen LogP contribution in [0.5, 0.6) is 0 Å². The Morgan fingerprint density at radius 2 is 1.86 bits per heavy atom. The summed E-state index contributed by atoms with van der Waals surface area (Å²) in [5.74, 6) is 0. The average molecular weight is 284 g/mol. The molecule has 2 aliphatic heterocycles. The van der Waals surface area contributed by atoms with Crippen molar-refractivity contribution in [2.75, 3.05) is 31.2 Å². The fraction of sp³-hybridized carbons (Fsp3) is 0.611. The standard InChI is InChI=1S/C18H24N2O/c1-17(2,3)15-4-5-16(14(10-15)11-19)20-8-6-18(7-9-20)12-21-13-18/h4-5,10H,6-9,12-13H2,1-3H3. The van der Waals surface area contributed by atoms with Crippen molar-refractivity contribution in [2.24, 2.45) is 5.41 Å². The summed E-state index contributed by atoms with van der Waals surface area (Å²) in [6.07, 6.45) is 2.36. The van der Waals surface area contributed by atoms with Crippen LogP contribution < -0.4 is 4.90 Å². The molecule has 0 atom stereocenters. The zero-order chi connectivity index (χ0) is 15.1. The Bertz CT molecular complexity index is 566. The van der Waals surface area contributed by atoms with Gasteiger partial charge in [0.25, 0.3) is 0 Å². The van der Waals surface area contributed by atoms with E-state index >= 15 is 0 Å². The molecule has 0 amide bonds. The number of rotatable bonds is 1. The molecule has 2 saturated heterocycles. The summed E-state index contributed by atoms with van der Waals surface area (Å²) in [4.78, 5) is 2.37. The number of anilines is 1. The molecule has 0 radical (unpaired) electrons. The summed E-state index contributed by atoms with van der Waals surface area (Å²) < 4.78 is 5.38. The second-order valence-electron chi connectivity index (χ2n) is 7.57. The third-order valence-corrected chi connectivity index (χ3v) is 4.96. The smallest absolute Gasteiger partial charge is 0.101 e. The van der Waals surface area contributed by atoms with E-state index in [1.54, 1.807) is 0 Å². The summed E-state index contributed by atoms with van der Waals surface area (Å²) in [5.41, 5.74) is 3.65. The van der Waals surface area contributed by atoms with E-state index in [4.69, 9.17) is 4.74 Å². The predicted octanol–water partition coefficient (Wildman–Crippen LogP) is 3.47. The van der Waals surface area contributed by atoms with Crippen molar-refractivity contribution >= 4 is 5.69 Å². The molecule has 2 heterocycles. The maximum atomic E-state index is 9.50. The predicted molar refractivity (Wildman–Crippen MR) is 84.6 cm³/mol. The molecule has 3 rings (SSSR count). The van der Waals surface area contributed by atoms with Gasteiger partial charge in [0.2, 0.25) is 0 Å². The molecule has 0 aliphatic carbocycles. The highest BCUT2D eigenvalue weighted by Gasteiger charge is 2.41. The van der Waals surface area contributed by atoms with Crippen molar-refractivity contribution in [1.29, 1.82) is 5.26 Å². The molecule has 0 unspecified atom stereocenters. The lowest BCUT2D eigenvalue weighted by Gasteiger charge is -2.48. The van der Waals surface area contributed by atoms with Crippen LogP contribution in [0.4, 0.5) is 5.69 Å². The van der Waals surface area contributed by atoms with Gasteiger partial charge < -0.3 is 9.64 Å². The first-order valence-corrected chi connectivity index (χ1v) is 7.81. The topological polar surface area (TPSA) is 36.3 Å². The van der Waals surface area contributed by atoms with Gasteiger partial charge in [0.05, 0.1) is 24.5 Å². The van der Waals surface area contributed by atoms with Crippen molar-refractivity contribution < 1.29 is 4.74 Å². The van der Waals surface area contributed by atoms with Gasteiger partial charge in [-0.2, -0.15) is 5.26 Å². The van der Waals surface area contributed by atoms with E-state index in [1.807, 2.05) is 0 Å². The molecule has 1 aromatic rings. The monoisotopic (exact) mass is 284 g/mol. The molecule has 1 spiro atoms. The van der Waals surface area contributed by atoms with Crippen molar-refractivity contribution in [1.82, 2.24) is 0 Å². The third-order valence-electron chi connectivity index (χ3n) is 4.96. The Kier molecular flexibility index (Phi) is 3.45. The van der Waals surface area contributed by atoms with Crippen molar-refractivity contribution in [2.45, 2.75) is 39.0 Å². The first kappa shape index (κ1) is 14.4. The SMILES string of the molecule is CC(C)(C)c1ccc(N2CCC3(CC2)COC3)c(C#N)c1. The number of hydrogen-bond acceptors (Lipinski definition) is 3. The van der Waals surface area contributed by atoms with Gasteiger partial charge >= 0.3 is 0 Å². The average Bonchev–Trinajstić information content (AvgIpc) is 2.44. The van der Waals surface area contributed by atoms with Crippen molar-refractivity contribution in [3.8, 4) is 6.07 Å². The van der Waals surface area contributed by atoms with Crippen LogP contribution in [0.15, 0.2) is 18.2 Å². The van der Waals surface area contributed by atoms with Crippen LogP contribution in [0.1, 0.15) is 44.7 Å². The van der Waals surface area contributed by atoms with Gasteiger partial charge in [-0.25, -0.2) is 0 Å². The zero-order valence-electron chi connectivity index (χ0n) is 13.3. The Morgan fingerprint density at radius 1 is 1.19 bits per heavy atom. The van der Waals surface area contributed by atoms with Crippen LogP contribution in [0.2, 0.25) is 0 Å². The van der Waals surface area contributed by atoms with Crippen LogP contribution in [0.3, 0.4) is 0 Å². The van der Waals surface area contributed by atoms with Gasteiger partial charge in [0.1, 0.15) is 6.07 Å². The number of ether oxygens (including phenoxy) is 1. The fourth-order valence-electron chi connectivity index (χ4n) is 3.27. The Labute approximate surface area is 127 Å². The van der Waals surface area contributed by atoms with Gasteiger partial charge in [-0.3, -0.25) is 0 Å². The summed E-state index contributed by atoms with van der Waals surface area (Å²) in [7, 11) is 0. The van der Waals surface area contributed by atoms with Gasteiger partial charge in [0, 0.05) is 18.5 Å². The summed E-state index contributed by atoms with van der Waals surface area (Å²) in [6.45, 7) is 10.5.